The maximum absolute atomic E-state index is 11.2. The minimum atomic E-state index is -0.0697. The zero-order chi connectivity index (χ0) is 15.4. The fourth-order valence-electron chi connectivity index (χ4n) is 2.61. The Bertz CT molecular complexity index is 665. The van der Waals surface area contributed by atoms with Crippen molar-refractivity contribution in [2.24, 2.45) is 0 Å². The number of rotatable bonds is 3. The van der Waals surface area contributed by atoms with Crippen molar-refractivity contribution in [3.05, 3.63) is 42.5 Å². The first kappa shape index (κ1) is 14.5. The van der Waals surface area contributed by atoms with Gasteiger partial charge in [-0.3, -0.25) is 4.79 Å². The number of pyridine rings is 1. The first-order valence-electron chi connectivity index (χ1n) is 7.53. The van der Waals surface area contributed by atoms with E-state index in [0.717, 1.165) is 48.9 Å². The molecule has 2 N–H and O–H groups in total. The molecule has 1 amide bonds. The number of nitrogens with one attached hydrogen (secondary N) is 2. The monoisotopic (exact) mass is 296 g/mol. The molecule has 1 aromatic carbocycles. The highest BCUT2D eigenvalue weighted by Crippen LogP contribution is 2.23. The molecule has 3 rings (SSSR count). The molecule has 0 radical (unpaired) electrons. The lowest BCUT2D eigenvalue weighted by atomic mass is 10.1. The van der Waals surface area contributed by atoms with Crippen molar-refractivity contribution >= 4 is 17.4 Å². The van der Waals surface area contributed by atoms with Crippen LogP contribution >= 0.6 is 0 Å². The molecule has 22 heavy (non-hydrogen) atoms. The molecular formula is C17H20N4O. The van der Waals surface area contributed by atoms with Crippen molar-refractivity contribution in [3.63, 3.8) is 0 Å². The molecular weight excluding hydrogens is 276 g/mol. The van der Waals surface area contributed by atoms with Gasteiger partial charge in [0.2, 0.25) is 5.91 Å². The van der Waals surface area contributed by atoms with Crippen LogP contribution in [0.4, 0.5) is 11.5 Å². The van der Waals surface area contributed by atoms with Crippen LogP contribution in [0.3, 0.4) is 0 Å². The Morgan fingerprint density at radius 1 is 1.18 bits per heavy atom. The second-order valence-corrected chi connectivity index (χ2v) is 5.38. The summed E-state index contributed by atoms with van der Waals surface area (Å²) in [7, 11) is 0. The number of aromatic nitrogens is 1. The predicted molar refractivity (Wildman–Crippen MR) is 89.1 cm³/mol. The summed E-state index contributed by atoms with van der Waals surface area (Å²) in [6.07, 6.45) is 0. The normalized spacial score (nSPS) is 14.7. The Morgan fingerprint density at radius 2 is 1.95 bits per heavy atom. The van der Waals surface area contributed by atoms with Gasteiger partial charge >= 0.3 is 0 Å². The van der Waals surface area contributed by atoms with Gasteiger partial charge in [0.1, 0.15) is 5.82 Å². The molecule has 2 aromatic rings. The lowest BCUT2D eigenvalue weighted by molar-refractivity contribution is -0.114. The first-order chi connectivity index (χ1) is 10.7. The van der Waals surface area contributed by atoms with E-state index >= 15 is 0 Å². The van der Waals surface area contributed by atoms with Gasteiger partial charge in [-0.15, -0.1) is 0 Å². The van der Waals surface area contributed by atoms with E-state index in [9.17, 15) is 4.79 Å². The average Bonchev–Trinajstić information content (AvgIpc) is 2.55. The van der Waals surface area contributed by atoms with Crippen LogP contribution in [0.25, 0.3) is 11.3 Å². The van der Waals surface area contributed by atoms with Gasteiger partial charge in [-0.05, 0) is 24.3 Å². The van der Waals surface area contributed by atoms with E-state index in [0.29, 0.717) is 0 Å². The van der Waals surface area contributed by atoms with Crippen molar-refractivity contribution in [1.82, 2.24) is 10.3 Å². The maximum atomic E-state index is 11.2. The topological polar surface area (TPSA) is 57.3 Å². The third-order valence-electron chi connectivity index (χ3n) is 3.65. The highest BCUT2D eigenvalue weighted by Gasteiger charge is 2.12. The number of hydrogen-bond acceptors (Lipinski definition) is 4. The smallest absolute Gasteiger partial charge is 0.221 e. The Balaban J connectivity index is 1.86. The van der Waals surface area contributed by atoms with Crippen LogP contribution < -0.4 is 15.5 Å². The molecule has 114 valence electrons. The number of benzene rings is 1. The number of amides is 1. The van der Waals surface area contributed by atoms with E-state index < -0.39 is 0 Å². The Hall–Kier alpha value is -2.40. The number of carbonyl (C=O) groups excluding carboxylic acids is 1. The molecule has 0 aliphatic carbocycles. The maximum Gasteiger partial charge on any atom is 0.221 e. The van der Waals surface area contributed by atoms with Crippen LogP contribution in [0, 0.1) is 0 Å². The highest BCUT2D eigenvalue weighted by molar-refractivity contribution is 5.89. The van der Waals surface area contributed by atoms with Crippen molar-refractivity contribution in [1.29, 1.82) is 0 Å². The second kappa shape index (κ2) is 6.58. The van der Waals surface area contributed by atoms with Gasteiger partial charge in [0, 0.05) is 44.4 Å². The van der Waals surface area contributed by atoms with E-state index in [1.165, 1.54) is 6.92 Å². The number of nitrogens with zero attached hydrogens (tertiary/aromatic N) is 2. The SMILES string of the molecule is CC(=O)Nc1cccc(-c2cccc(N3CCNCC3)n2)c1. The van der Waals surface area contributed by atoms with Gasteiger partial charge < -0.3 is 15.5 Å². The van der Waals surface area contributed by atoms with Gasteiger partial charge in [0.25, 0.3) is 0 Å². The van der Waals surface area contributed by atoms with Crippen LogP contribution in [0.2, 0.25) is 0 Å². The van der Waals surface area contributed by atoms with Crippen LogP contribution in [0.5, 0.6) is 0 Å². The molecule has 0 atom stereocenters. The fourth-order valence-corrected chi connectivity index (χ4v) is 2.61. The van der Waals surface area contributed by atoms with Gasteiger partial charge in [-0.25, -0.2) is 4.98 Å². The molecule has 0 unspecified atom stereocenters. The minimum Gasteiger partial charge on any atom is -0.354 e. The van der Waals surface area contributed by atoms with Crippen molar-refractivity contribution < 1.29 is 4.79 Å². The lowest BCUT2D eigenvalue weighted by Crippen LogP contribution is -2.43. The van der Waals surface area contributed by atoms with Gasteiger partial charge in [-0.1, -0.05) is 18.2 Å². The summed E-state index contributed by atoms with van der Waals surface area (Å²) < 4.78 is 0. The molecule has 1 aliphatic rings. The van der Waals surface area contributed by atoms with Gasteiger partial charge in [-0.2, -0.15) is 0 Å². The lowest BCUT2D eigenvalue weighted by Gasteiger charge is -2.28. The van der Waals surface area contributed by atoms with Crippen LogP contribution in [-0.2, 0) is 4.79 Å². The molecule has 2 heterocycles. The minimum absolute atomic E-state index is 0.0697. The van der Waals surface area contributed by atoms with E-state index in [4.69, 9.17) is 4.98 Å². The fraction of sp³-hybridized carbons (Fsp3) is 0.294. The molecule has 1 aromatic heterocycles. The first-order valence-corrected chi connectivity index (χ1v) is 7.53. The van der Waals surface area contributed by atoms with Crippen LogP contribution in [0.15, 0.2) is 42.5 Å². The Labute approximate surface area is 130 Å². The summed E-state index contributed by atoms with van der Waals surface area (Å²) in [5.74, 6) is 0.934. The summed E-state index contributed by atoms with van der Waals surface area (Å²) in [6.45, 7) is 5.44. The third kappa shape index (κ3) is 3.43. The predicted octanol–water partition coefficient (Wildman–Crippen LogP) is 2.12. The zero-order valence-electron chi connectivity index (χ0n) is 12.7. The molecule has 0 bridgehead atoms. The summed E-state index contributed by atoms with van der Waals surface area (Å²) in [6, 6.07) is 13.8. The average molecular weight is 296 g/mol. The second-order valence-electron chi connectivity index (χ2n) is 5.38. The molecule has 1 saturated heterocycles. The van der Waals surface area contributed by atoms with Gasteiger partial charge in [0.15, 0.2) is 0 Å². The Kier molecular flexibility index (Phi) is 4.34. The van der Waals surface area contributed by atoms with E-state index in [-0.39, 0.29) is 5.91 Å². The van der Waals surface area contributed by atoms with Crippen LogP contribution in [-0.4, -0.2) is 37.1 Å². The molecule has 1 fully saturated rings. The third-order valence-corrected chi connectivity index (χ3v) is 3.65. The Morgan fingerprint density at radius 3 is 2.73 bits per heavy atom. The molecule has 0 saturated carbocycles. The van der Waals surface area contributed by atoms with Gasteiger partial charge in [0.05, 0.1) is 5.69 Å². The molecule has 5 nitrogen and oxygen atoms in total. The van der Waals surface area contributed by atoms with Crippen molar-refractivity contribution in [2.75, 3.05) is 36.4 Å². The number of piperazine rings is 1. The number of anilines is 2. The largest absolute Gasteiger partial charge is 0.354 e. The van der Waals surface area contributed by atoms with Crippen molar-refractivity contribution in [2.45, 2.75) is 6.92 Å². The van der Waals surface area contributed by atoms with E-state index in [2.05, 4.69) is 15.5 Å². The van der Waals surface area contributed by atoms with E-state index in [1.54, 1.807) is 0 Å². The molecule has 5 heteroatoms. The highest BCUT2D eigenvalue weighted by atomic mass is 16.1. The summed E-state index contributed by atoms with van der Waals surface area (Å²) in [5, 5.41) is 6.15. The molecule has 1 aliphatic heterocycles. The number of hydrogen-bond donors (Lipinski definition) is 2. The zero-order valence-corrected chi connectivity index (χ0v) is 12.7. The molecule has 0 spiro atoms. The van der Waals surface area contributed by atoms with Crippen LogP contribution in [0.1, 0.15) is 6.92 Å². The summed E-state index contributed by atoms with van der Waals surface area (Å²) >= 11 is 0. The standard InChI is InChI=1S/C17H20N4O/c1-13(22)19-15-5-2-4-14(12-15)16-6-3-7-17(20-16)21-10-8-18-9-11-21/h2-7,12,18H,8-11H2,1H3,(H,19,22). The van der Waals surface area contributed by atoms with E-state index in [1.807, 2.05) is 42.5 Å². The summed E-state index contributed by atoms with van der Waals surface area (Å²) in [5.41, 5.74) is 2.71. The van der Waals surface area contributed by atoms with Crippen molar-refractivity contribution in [3.8, 4) is 11.3 Å². The number of carbonyl (C=O) groups is 1. The summed E-state index contributed by atoms with van der Waals surface area (Å²) in [4.78, 5) is 18.2. The quantitative estimate of drug-likeness (QED) is 0.911.